The molecule has 0 bridgehead atoms. The average molecular weight is 229 g/mol. The summed E-state index contributed by atoms with van der Waals surface area (Å²) in [5.41, 5.74) is 0. The fraction of sp³-hybridized carbons (Fsp3) is 1.00. The zero-order chi connectivity index (χ0) is 12.4. The van der Waals surface area contributed by atoms with E-state index >= 15 is 0 Å². The third kappa shape index (κ3) is 10.4. The normalized spacial score (nSPS) is 12.0. The molecule has 0 saturated carbocycles. The second-order valence-corrected chi connectivity index (χ2v) is 5.19. The van der Waals surface area contributed by atoms with Crippen LogP contribution in [-0.4, -0.2) is 63.2 Å². The van der Waals surface area contributed by atoms with Crippen molar-refractivity contribution in [2.75, 3.05) is 47.3 Å². The molecule has 3 nitrogen and oxygen atoms in total. The number of hydrogen-bond donors (Lipinski definition) is 1. The van der Waals surface area contributed by atoms with Gasteiger partial charge in [0.1, 0.15) is 0 Å². The molecule has 0 unspecified atom stereocenters. The molecular formula is C13H31N3. The van der Waals surface area contributed by atoms with Gasteiger partial charge < -0.3 is 15.1 Å². The molecule has 0 aliphatic rings. The van der Waals surface area contributed by atoms with Crippen molar-refractivity contribution in [3.63, 3.8) is 0 Å². The summed E-state index contributed by atoms with van der Waals surface area (Å²) in [4.78, 5) is 4.64. The second kappa shape index (κ2) is 10.1. The Labute approximate surface area is 102 Å². The van der Waals surface area contributed by atoms with Crippen molar-refractivity contribution < 1.29 is 0 Å². The maximum absolute atomic E-state index is 3.50. The van der Waals surface area contributed by atoms with E-state index < -0.39 is 0 Å². The Morgan fingerprint density at radius 1 is 0.875 bits per heavy atom. The lowest BCUT2D eigenvalue weighted by molar-refractivity contribution is 0.268. The first-order valence-electron chi connectivity index (χ1n) is 6.59. The molecule has 98 valence electrons. The molecule has 16 heavy (non-hydrogen) atoms. The molecule has 0 saturated heterocycles. The first-order valence-corrected chi connectivity index (χ1v) is 6.59. The van der Waals surface area contributed by atoms with E-state index in [0.717, 1.165) is 6.54 Å². The van der Waals surface area contributed by atoms with Gasteiger partial charge in [-0.25, -0.2) is 0 Å². The highest BCUT2D eigenvalue weighted by atomic mass is 15.1. The summed E-state index contributed by atoms with van der Waals surface area (Å²) >= 11 is 0. The fourth-order valence-corrected chi connectivity index (χ4v) is 1.51. The highest BCUT2D eigenvalue weighted by Crippen LogP contribution is 1.97. The minimum atomic E-state index is 0.674. The van der Waals surface area contributed by atoms with Crippen LogP contribution in [-0.2, 0) is 0 Å². The van der Waals surface area contributed by atoms with E-state index in [0.29, 0.717) is 6.04 Å². The van der Waals surface area contributed by atoms with Crippen LogP contribution in [0.5, 0.6) is 0 Å². The van der Waals surface area contributed by atoms with Crippen LogP contribution >= 0.6 is 0 Å². The Hall–Kier alpha value is -0.120. The number of hydrogen-bond acceptors (Lipinski definition) is 3. The lowest BCUT2D eigenvalue weighted by Gasteiger charge is -2.20. The summed E-state index contributed by atoms with van der Waals surface area (Å²) < 4.78 is 0. The smallest absolute Gasteiger partial charge is 0.00355 e. The molecule has 3 heteroatoms. The molecule has 0 radical (unpaired) electrons. The predicted octanol–water partition coefficient (Wildman–Crippen LogP) is 1.65. The van der Waals surface area contributed by atoms with Gasteiger partial charge in [0, 0.05) is 6.04 Å². The third-order valence-electron chi connectivity index (χ3n) is 2.95. The summed E-state index contributed by atoms with van der Waals surface area (Å²) in [6.45, 7) is 9.22. The number of unbranched alkanes of at least 4 members (excludes halogenated alkanes) is 1. The fourth-order valence-electron chi connectivity index (χ4n) is 1.51. The van der Waals surface area contributed by atoms with Crippen molar-refractivity contribution >= 4 is 0 Å². The zero-order valence-corrected chi connectivity index (χ0v) is 11.9. The van der Waals surface area contributed by atoms with Crippen molar-refractivity contribution in [1.82, 2.24) is 15.1 Å². The van der Waals surface area contributed by atoms with Crippen molar-refractivity contribution in [3.8, 4) is 0 Å². The van der Waals surface area contributed by atoms with Gasteiger partial charge in [-0.2, -0.15) is 0 Å². The molecule has 0 amide bonds. The Kier molecular flexibility index (Phi) is 9.99. The minimum absolute atomic E-state index is 0.674. The van der Waals surface area contributed by atoms with Gasteiger partial charge in [0.2, 0.25) is 0 Å². The van der Waals surface area contributed by atoms with E-state index in [1.54, 1.807) is 0 Å². The molecule has 0 aromatic heterocycles. The van der Waals surface area contributed by atoms with E-state index in [9.17, 15) is 0 Å². The monoisotopic (exact) mass is 229 g/mol. The second-order valence-electron chi connectivity index (χ2n) is 5.19. The molecule has 0 spiro atoms. The highest BCUT2D eigenvalue weighted by Gasteiger charge is 2.01. The van der Waals surface area contributed by atoms with Crippen LogP contribution in [0.3, 0.4) is 0 Å². The van der Waals surface area contributed by atoms with E-state index in [4.69, 9.17) is 0 Å². The quantitative estimate of drug-likeness (QED) is 0.575. The van der Waals surface area contributed by atoms with E-state index in [1.165, 1.54) is 38.9 Å². The summed E-state index contributed by atoms with van der Waals surface area (Å²) in [5.74, 6) is 0. The van der Waals surface area contributed by atoms with E-state index in [1.807, 2.05) is 0 Å². The minimum Gasteiger partial charge on any atom is -0.317 e. The summed E-state index contributed by atoms with van der Waals surface area (Å²) in [7, 11) is 6.46. The zero-order valence-electron chi connectivity index (χ0n) is 11.9. The van der Waals surface area contributed by atoms with Crippen molar-refractivity contribution in [3.05, 3.63) is 0 Å². The molecule has 0 atom stereocenters. The van der Waals surface area contributed by atoms with Gasteiger partial charge in [-0.3, -0.25) is 0 Å². The van der Waals surface area contributed by atoms with Gasteiger partial charge in [-0.15, -0.1) is 0 Å². The van der Waals surface area contributed by atoms with Gasteiger partial charge in [-0.05, 0) is 80.4 Å². The molecule has 0 fully saturated rings. The van der Waals surface area contributed by atoms with E-state index in [2.05, 4.69) is 50.1 Å². The lowest BCUT2D eigenvalue weighted by Crippen LogP contribution is -2.28. The van der Waals surface area contributed by atoms with Crippen LogP contribution < -0.4 is 5.32 Å². The van der Waals surface area contributed by atoms with Crippen LogP contribution in [0, 0.1) is 0 Å². The van der Waals surface area contributed by atoms with Crippen LogP contribution in [0.4, 0.5) is 0 Å². The Balaban J connectivity index is 3.10. The predicted molar refractivity (Wildman–Crippen MR) is 73.0 cm³/mol. The van der Waals surface area contributed by atoms with Crippen molar-refractivity contribution in [2.24, 2.45) is 0 Å². The molecule has 0 aliphatic carbocycles. The maximum Gasteiger partial charge on any atom is 0.00355 e. The topological polar surface area (TPSA) is 18.5 Å². The first-order chi connectivity index (χ1) is 7.54. The van der Waals surface area contributed by atoms with Crippen molar-refractivity contribution in [1.29, 1.82) is 0 Å². The van der Waals surface area contributed by atoms with Gasteiger partial charge in [0.15, 0.2) is 0 Å². The standard InChI is InChI=1S/C13H31N3/c1-13(2)16(5)12-7-6-9-14-10-8-11-15(3)4/h13-14H,6-12H2,1-5H3. The molecule has 0 heterocycles. The Bertz CT molecular complexity index is 146. The molecule has 0 aliphatic heterocycles. The first kappa shape index (κ1) is 15.9. The third-order valence-corrected chi connectivity index (χ3v) is 2.95. The van der Waals surface area contributed by atoms with Crippen molar-refractivity contribution in [2.45, 2.75) is 39.2 Å². The number of nitrogens with zero attached hydrogens (tertiary/aromatic N) is 2. The Morgan fingerprint density at radius 2 is 1.50 bits per heavy atom. The summed E-state index contributed by atoms with van der Waals surface area (Å²) in [6, 6.07) is 0.674. The Morgan fingerprint density at radius 3 is 2.06 bits per heavy atom. The molecule has 0 aromatic rings. The summed E-state index contributed by atoms with van der Waals surface area (Å²) in [5, 5.41) is 3.50. The summed E-state index contributed by atoms with van der Waals surface area (Å²) in [6.07, 6.45) is 3.84. The number of rotatable bonds is 10. The van der Waals surface area contributed by atoms with Crippen LogP contribution in [0.2, 0.25) is 0 Å². The maximum atomic E-state index is 3.50. The molecule has 0 aromatic carbocycles. The average Bonchev–Trinajstić information content (AvgIpc) is 2.21. The number of nitrogens with one attached hydrogen (secondary N) is 1. The van der Waals surface area contributed by atoms with Crippen LogP contribution in [0.1, 0.15) is 33.1 Å². The molecule has 1 N–H and O–H groups in total. The lowest BCUT2D eigenvalue weighted by atomic mass is 10.2. The SMILES string of the molecule is CC(C)N(C)CCCCNCCCN(C)C. The highest BCUT2D eigenvalue weighted by molar-refractivity contribution is 4.58. The molecule has 0 rings (SSSR count). The van der Waals surface area contributed by atoms with Gasteiger partial charge in [0.25, 0.3) is 0 Å². The van der Waals surface area contributed by atoms with Gasteiger partial charge >= 0.3 is 0 Å². The molecular weight excluding hydrogens is 198 g/mol. The van der Waals surface area contributed by atoms with Gasteiger partial charge in [0.05, 0.1) is 0 Å². The van der Waals surface area contributed by atoms with Gasteiger partial charge in [-0.1, -0.05) is 0 Å². The van der Waals surface area contributed by atoms with E-state index in [-0.39, 0.29) is 0 Å². The largest absolute Gasteiger partial charge is 0.317 e. The van der Waals surface area contributed by atoms with Crippen LogP contribution in [0.25, 0.3) is 0 Å². The van der Waals surface area contributed by atoms with Crippen LogP contribution in [0.15, 0.2) is 0 Å².